The van der Waals surface area contributed by atoms with Gasteiger partial charge in [0.1, 0.15) is 0 Å². The number of hydrogen-bond acceptors (Lipinski definition) is 6. The predicted molar refractivity (Wildman–Crippen MR) is 74.5 cm³/mol. The van der Waals surface area contributed by atoms with Gasteiger partial charge in [-0.05, 0) is 19.1 Å². The Bertz CT molecular complexity index is 528. The van der Waals surface area contributed by atoms with Gasteiger partial charge in [0, 0.05) is 30.2 Å². The summed E-state index contributed by atoms with van der Waals surface area (Å²) in [5.74, 6) is -0.378. The third kappa shape index (κ3) is 4.03. The summed E-state index contributed by atoms with van der Waals surface area (Å²) in [7, 11) is 0. The fourth-order valence-corrected chi connectivity index (χ4v) is 2.21. The first-order valence-corrected chi connectivity index (χ1v) is 6.94. The van der Waals surface area contributed by atoms with Crippen molar-refractivity contribution >= 4 is 22.4 Å². The normalized spacial score (nSPS) is 10.2. The molecule has 0 atom stereocenters. The lowest BCUT2D eigenvalue weighted by Gasteiger charge is -2.01. The molecule has 19 heavy (non-hydrogen) atoms. The molecule has 0 fully saturated rings. The minimum absolute atomic E-state index is 0.354. The predicted octanol–water partition coefficient (Wildman–Crippen LogP) is 2.37. The van der Waals surface area contributed by atoms with Crippen molar-refractivity contribution in [1.29, 1.82) is 0 Å². The molecule has 0 bridgehead atoms. The van der Waals surface area contributed by atoms with Crippen LogP contribution >= 0.6 is 11.3 Å². The number of rotatable bonds is 6. The average Bonchev–Trinajstić information content (AvgIpc) is 2.89. The maximum Gasteiger partial charge on any atom is 0.357 e. The van der Waals surface area contributed by atoms with Crippen molar-refractivity contribution in [2.24, 2.45) is 0 Å². The minimum atomic E-state index is -0.378. The number of carbonyl (C=O) groups is 1. The van der Waals surface area contributed by atoms with Crippen LogP contribution in [0.25, 0.3) is 0 Å². The molecule has 2 aromatic heterocycles. The third-order valence-corrected chi connectivity index (χ3v) is 3.17. The second-order valence-corrected chi connectivity index (χ2v) is 4.61. The lowest BCUT2D eigenvalue weighted by atomic mass is 10.3. The van der Waals surface area contributed by atoms with Gasteiger partial charge in [0.15, 0.2) is 10.8 Å². The molecule has 0 spiro atoms. The van der Waals surface area contributed by atoms with Gasteiger partial charge in [0.2, 0.25) is 0 Å². The van der Waals surface area contributed by atoms with Crippen LogP contribution in [0, 0.1) is 0 Å². The van der Waals surface area contributed by atoms with Crippen molar-refractivity contribution in [2.45, 2.75) is 13.3 Å². The lowest BCUT2D eigenvalue weighted by molar-refractivity contribution is 0.0520. The van der Waals surface area contributed by atoms with Gasteiger partial charge in [-0.3, -0.25) is 4.98 Å². The standard InChI is InChI=1S/C13H15N3O2S/c1-2-18-12(17)11-9-19-13(16-11)15-8-6-10-5-3-4-7-14-10/h3-5,7,9H,2,6,8H2,1H3,(H,15,16). The first-order valence-electron chi connectivity index (χ1n) is 6.06. The van der Waals surface area contributed by atoms with E-state index in [1.54, 1.807) is 18.5 Å². The fourth-order valence-electron chi connectivity index (χ4n) is 1.50. The van der Waals surface area contributed by atoms with Crippen LogP contribution < -0.4 is 5.32 Å². The Kier molecular flexibility index (Phi) is 4.85. The maximum atomic E-state index is 11.4. The van der Waals surface area contributed by atoms with E-state index in [4.69, 9.17) is 4.74 Å². The van der Waals surface area contributed by atoms with E-state index in [1.807, 2.05) is 18.2 Å². The molecule has 0 saturated carbocycles. The van der Waals surface area contributed by atoms with Gasteiger partial charge in [-0.25, -0.2) is 9.78 Å². The van der Waals surface area contributed by atoms with E-state index in [2.05, 4.69) is 15.3 Å². The van der Waals surface area contributed by atoms with Crippen molar-refractivity contribution in [3.05, 3.63) is 41.2 Å². The summed E-state index contributed by atoms with van der Waals surface area (Å²) in [4.78, 5) is 19.8. The van der Waals surface area contributed by atoms with E-state index in [0.29, 0.717) is 12.3 Å². The van der Waals surface area contributed by atoms with Crippen molar-refractivity contribution in [3.8, 4) is 0 Å². The SMILES string of the molecule is CCOC(=O)c1csc(NCCc2ccccn2)n1. The number of aromatic nitrogens is 2. The summed E-state index contributed by atoms with van der Waals surface area (Å²) in [6.45, 7) is 2.86. The largest absolute Gasteiger partial charge is 0.461 e. The summed E-state index contributed by atoms with van der Waals surface area (Å²) < 4.78 is 4.88. The summed E-state index contributed by atoms with van der Waals surface area (Å²) in [5.41, 5.74) is 1.38. The molecule has 0 aliphatic rings. The number of carbonyl (C=O) groups excluding carboxylic acids is 1. The van der Waals surface area contributed by atoms with Gasteiger partial charge in [-0.1, -0.05) is 6.07 Å². The Hall–Kier alpha value is -1.95. The van der Waals surface area contributed by atoms with Crippen molar-refractivity contribution in [3.63, 3.8) is 0 Å². The molecule has 0 aliphatic carbocycles. The summed E-state index contributed by atoms with van der Waals surface area (Å²) >= 11 is 1.40. The third-order valence-electron chi connectivity index (χ3n) is 2.37. The zero-order valence-electron chi connectivity index (χ0n) is 10.6. The highest BCUT2D eigenvalue weighted by Gasteiger charge is 2.10. The molecule has 2 aromatic rings. The van der Waals surface area contributed by atoms with Crippen LogP contribution in [-0.2, 0) is 11.2 Å². The Morgan fingerprint density at radius 1 is 1.47 bits per heavy atom. The molecule has 0 amide bonds. The number of anilines is 1. The van der Waals surface area contributed by atoms with Crippen molar-refractivity contribution < 1.29 is 9.53 Å². The van der Waals surface area contributed by atoms with Crippen LogP contribution in [0.5, 0.6) is 0 Å². The van der Waals surface area contributed by atoms with E-state index >= 15 is 0 Å². The molecule has 2 rings (SSSR count). The van der Waals surface area contributed by atoms with E-state index < -0.39 is 0 Å². The molecule has 0 radical (unpaired) electrons. The Balaban J connectivity index is 1.82. The second-order valence-electron chi connectivity index (χ2n) is 3.76. The van der Waals surface area contributed by atoms with Crippen LogP contribution in [0.1, 0.15) is 23.1 Å². The Labute approximate surface area is 115 Å². The van der Waals surface area contributed by atoms with Crippen LogP contribution in [0.3, 0.4) is 0 Å². The second kappa shape index (κ2) is 6.84. The number of pyridine rings is 1. The number of thiazole rings is 1. The lowest BCUT2D eigenvalue weighted by Crippen LogP contribution is -2.07. The molecule has 6 heteroatoms. The molecular formula is C13H15N3O2S. The zero-order chi connectivity index (χ0) is 13.5. The molecule has 1 N–H and O–H groups in total. The van der Waals surface area contributed by atoms with Crippen LogP contribution in [0.2, 0.25) is 0 Å². The van der Waals surface area contributed by atoms with Gasteiger partial charge < -0.3 is 10.1 Å². The molecule has 5 nitrogen and oxygen atoms in total. The number of ether oxygens (including phenoxy) is 1. The first-order chi connectivity index (χ1) is 9.29. The molecule has 100 valence electrons. The molecular weight excluding hydrogens is 262 g/mol. The van der Waals surface area contributed by atoms with Crippen molar-refractivity contribution in [1.82, 2.24) is 9.97 Å². The Morgan fingerprint density at radius 3 is 3.11 bits per heavy atom. The molecule has 2 heterocycles. The molecule has 0 aromatic carbocycles. The van der Waals surface area contributed by atoms with E-state index in [-0.39, 0.29) is 5.97 Å². The summed E-state index contributed by atoms with van der Waals surface area (Å²) in [6.07, 6.45) is 2.59. The minimum Gasteiger partial charge on any atom is -0.461 e. The highest BCUT2D eigenvalue weighted by Crippen LogP contribution is 2.16. The van der Waals surface area contributed by atoms with Gasteiger partial charge in [0.05, 0.1) is 6.61 Å². The molecule has 0 aliphatic heterocycles. The zero-order valence-corrected chi connectivity index (χ0v) is 11.4. The van der Waals surface area contributed by atoms with Crippen molar-refractivity contribution in [2.75, 3.05) is 18.5 Å². The quantitative estimate of drug-likeness (QED) is 0.821. The topological polar surface area (TPSA) is 64.1 Å². The van der Waals surface area contributed by atoms with Crippen LogP contribution in [0.4, 0.5) is 5.13 Å². The summed E-state index contributed by atoms with van der Waals surface area (Å²) in [6, 6.07) is 5.83. The highest BCUT2D eigenvalue weighted by molar-refractivity contribution is 7.13. The van der Waals surface area contributed by atoms with Crippen LogP contribution in [-0.4, -0.2) is 29.1 Å². The van der Waals surface area contributed by atoms with E-state index in [9.17, 15) is 4.79 Å². The van der Waals surface area contributed by atoms with E-state index in [0.717, 1.165) is 23.8 Å². The monoisotopic (exact) mass is 277 g/mol. The average molecular weight is 277 g/mol. The Morgan fingerprint density at radius 2 is 2.37 bits per heavy atom. The number of nitrogens with one attached hydrogen (secondary N) is 1. The maximum absolute atomic E-state index is 11.4. The summed E-state index contributed by atoms with van der Waals surface area (Å²) in [5, 5.41) is 5.59. The van der Waals surface area contributed by atoms with E-state index in [1.165, 1.54) is 11.3 Å². The highest BCUT2D eigenvalue weighted by atomic mass is 32.1. The van der Waals surface area contributed by atoms with Gasteiger partial charge >= 0.3 is 5.97 Å². The van der Waals surface area contributed by atoms with Gasteiger partial charge in [-0.2, -0.15) is 0 Å². The number of esters is 1. The van der Waals surface area contributed by atoms with Gasteiger partial charge in [-0.15, -0.1) is 11.3 Å². The van der Waals surface area contributed by atoms with Gasteiger partial charge in [0.25, 0.3) is 0 Å². The molecule has 0 unspecified atom stereocenters. The first kappa shape index (κ1) is 13.5. The number of nitrogens with zero attached hydrogens (tertiary/aromatic N) is 2. The number of hydrogen-bond donors (Lipinski definition) is 1. The smallest absolute Gasteiger partial charge is 0.357 e. The molecule has 0 saturated heterocycles. The van der Waals surface area contributed by atoms with Crippen LogP contribution in [0.15, 0.2) is 29.8 Å². The fraction of sp³-hybridized carbons (Fsp3) is 0.308.